The molecule has 3 rings (SSSR count). The van der Waals surface area contributed by atoms with Gasteiger partial charge in [0.2, 0.25) is 0 Å². The Labute approximate surface area is 129 Å². The van der Waals surface area contributed by atoms with Crippen LogP contribution in [-0.2, 0) is 0 Å². The highest BCUT2D eigenvalue weighted by atomic mass is 15.1. The van der Waals surface area contributed by atoms with Crippen molar-refractivity contribution in [1.82, 2.24) is 9.97 Å². The predicted molar refractivity (Wildman–Crippen MR) is 91.8 cm³/mol. The van der Waals surface area contributed by atoms with Crippen molar-refractivity contribution >= 4 is 22.5 Å². The molecular formula is C18H18N4. The van der Waals surface area contributed by atoms with E-state index in [1.165, 1.54) is 5.56 Å². The Morgan fingerprint density at radius 1 is 0.955 bits per heavy atom. The average molecular weight is 290 g/mol. The van der Waals surface area contributed by atoms with Crippen LogP contribution in [0.4, 0.5) is 11.5 Å². The van der Waals surface area contributed by atoms with E-state index in [0.717, 1.165) is 28.2 Å². The van der Waals surface area contributed by atoms with E-state index in [2.05, 4.69) is 40.2 Å². The van der Waals surface area contributed by atoms with Crippen LogP contribution in [0.1, 0.15) is 11.3 Å². The van der Waals surface area contributed by atoms with Crippen LogP contribution in [0.15, 0.2) is 60.9 Å². The Morgan fingerprint density at radius 2 is 1.73 bits per heavy atom. The molecule has 4 nitrogen and oxygen atoms in total. The number of nitrogens with zero attached hydrogens (tertiary/aromatic N) is 2. The molecular weight excluding hydrogens is 272 g/mol. The minimum atomic E-state index is 0.669. The number of pyridine rings is 2. The van der Waals surface area contributed by atoms with Crippen molar-refractivity contribution < 1.29 is 0 Å². The van der Waals surface area contributed by atoms with Crippen molar-refractivity contribution in [2.45, 2.75) is 13.8 Å². The van der Waals surface area contributed by atoms with Crippen molar-refractivity contribution in [3.05, 3.63) is 72.2 Å². The van der Waals surface area contributed by atoms with Crippen molar-refractivity contribution in [3.8, 4) is 0 Å². The molecule has 0 fully saturated rings. The standard InChI is InChI=1S/C18H18N4/c1-12-11-13(2)19-18-16(12)9-10-17(22-18)21-14(3)20-15-7-5-4-6-8-15/h4-11,20H,3H2,1-2H3,(H,19,21,22). The van der Waals surface area contributed by atoms with Crippen LogP contribution in [0, 0.1) is 13.8 Å². The first kappa shape index (κ1) is 14.1. The monoisotopic (exact) mass is 290 g/mol. The van der Waals surface area contributed by atoms with Gasteiger partial charge in [-0.15, -0.1) is 0 Å². The molecule has 0 aliphatic carbocycles. The highest BCUT2D eigenvalue weighted by Gasteiger charge is 2.04. The predicted octanol–water partition coefficient (Wildman–Crippen LogP) is 4.24. The fraction of sp³-hybridized carbons (Fsp3) is 0.111. The van der Waals surface area contributed by atoms with E-state index in [1.54, 1.807) is 0 Å². The van der Waals surface area contributed by atoms with E-state index >= 15 is 0 Å². The highest BCUT2D eigenvalue weighted by Crippen LogP contribution is 2.19. The number of fused-ring (bicyclic) bond motifs is 1. The summed E-state index contributed by atoms with van der Waals surface area (Å²) in [4.78, 5) is 9.04. The number of para-hydroxylation sites is 1. The summed E-state index contributed by atoms with van der Waals surface area (Å²) in [7, 11) is 0. The lowest BCUT2D eigenvalue weighted by Crippen LogP contribution is -2.09. The summed E-state index contributed by atoms with van der Waals surface area (Å²) >= 11 is 0. The Bertz CT molecular complexity index is 825. The molecule has 4 heteroatoms. The van der Waals surface area contributed by atoms with E-state index in [1.807, 2.05) is 49.4 Å². The molecule has 22 heavy (non-hydrogen) atoms. The van der Waals surface area contributed by atoms with Gasteiger partial charge in [-0.25, -0.2) is 9.97 Å². The quantitative estimate of drug-likeness (QED) is 0.754. The van der Waals surface area contributed by atoms with Gasteiger partial charge < -0.3 is 10.6 Å². The normalized spacial score (nSPS) is 10.5. The molecule has 2 aromatic heterocycles. The lowest BCUT2D eigenvalue weighted by Gasteiger charge is -2.12. The van der Waals surface area contributed by atoms with Gasteiger partial charge in [0.05, 0.1) is 0 Å². The molecule has 0 unspecified atom stereocenters. The number of hydrogen-bond donors (Lipinski definition) is 2. The Kier molecular flexibility index (Phi) is 3.74. The molecule has 0 aliphatic rings. The second-order valence-electron chi connectivity index (χ2n) is 5.24. The number of nitrogens with one attached hydrogen (secondary N) is 2. The van der Waals surface area contributed by atoms with E-state index in [9.17, 15) is 0 Å². The number of rotatable bonds is 4. The van der Waals surface area contributed by atoms with Crippen LogP contribution in [0.2, 0.25) is 0 Å². The lowest BCUT2D eigenvalue weighted by molar-refractivity contribution is 1.18. The summed E-state index contributed by atoms with van der Waals surface area (Å²) in [6.45, 7) is 8.03. The molecule has 1 aromatic carbocycles. The summed E-state index contributed by atoms with van der Waals surface area (Å²) in [6.07, 6.45) is 0. The maximum Gasteiger partial charge on any atom is 0.162 e. The summed E-state index contributed by atoms with van der Waals surface area (Å²) in [5, 5.41) is 7.43. The minimum absolute atomic E-state index is 0.669. The van der Waals surface area contributed by atoms with E-state index in [-0.39, 0.29) is 0 Å². The van der Waals surface area contributed by atoms with E-state index in [4.69, 9.17) is 0 Å². The topological polar surface area (TPSA) is 49.8 Å². The number of hydrogen-bond acceptors (Lipinski definition) is 4. The third kappa shape index (κ3) is 3.06. The van der Waals surface area contributed by atoms with Crippen molar-refractivity contribution in [3.63, 3.8) is 0 Å². The maximum atomic E-state index is 4.56. The lowest BCUT2D eigenvalue weighted by atomic mass is 10.1. The summed E-state index contributed by atoms with van der Waals surface area (Å²) in [5.41, 5.74) is 3.87. The van der Waals surface area contributed by atoms with Gasteiger partial charge in [-0.3, -0.25) is 0 Å². The third-order valence-corrected chi connectivity index (χ3v) is 3.36. The molecule has 0 spiro atoms. The van der Waals surface area contributed by atoms with Crippen molar-refractivity contribution in [1.29, 1.82) is 0 Å². The Balaban J connectivity index is 1.80. The molecule has 2 N–H and O–H groups in total. The fourth-order valence-corrected chi connectivity index (χ4v) is 2.38. The van der Waals surface area contributed by atoms with Gasteiger partial charge in [0.1, 0.15) is 11.6 Å². The van der Waals surface area contributed by atoms with E-state index < -0.39 is 0 Å². The first-order valence-electron chi connectivity index (χ1n) is 7.15. The highest BCUT2D eigenvalue weighted by molar-refractivity contribution is 5.80. The van der Waals surface area contributed by atoms with Crippen LogP contribution in [0.3, 0.4) is 0 Å². The molecule has 3 aromatic rings. The van der Waals surface area contributed by atoms with Gasteiger partial charge in [-0.05, 0) is 49.7 Å². The Hall–Kier alpha value is -2.88. The second-order valence-corrected chi connectivity index (χ2v) is 5.24. The zero-order chi connectivity index (χ0) is 15.5. The molecule has 110 valence electrons. The van der Waals surface area contributed by atoms with Crippen LogP contribution in [-0.4, -0.2) is 9.97 Å². The van der Waals surface area contributed by atoms with Gasteiger partial charge in [0, 0.05) is 16.8 Å². The molecule has 0 saturated heterocycles. The SMILES string of the molecule is C=C(Nc1ccccc1)Nc1ccc2c(C)cc(C)nc2n1. The number of anilines is 2. The molecule has 0 atom stereocenters. The molecule has 0 saturated carbocycles. The third-order valence-electron chi connectivity index (χ3n) is 3.36. The van der Waals surface area contributed by atoms with Crippen molar-refractivity contribution in [2.75, 3.05) is 10.6 Å². The minimum Gasteiger partial charge on any atom is -0.342 e. The van der Waals surface area contributed by atoms with Gasteiger partial charge in [0.15, 0.2) is 5.65 Å². The molecule has 0 radical (unpaired) electrons. The number of benzene rings is 1. The second kappa shape index (κ2) is 5.85. The molecule has 0 amide bonds. The molecule has 0 bridgehead atoms. The van der Waals surface area contributed by atoms with Gasteiger partial charge in [-0.2, -0.15) is 0 Å². The first-order chi connectivity index (χ1) is 10.6. The zero-order valence-electron chi connectivity index (χ0n) is 12.7. The van der Waals surface area contributed by atoms with Crippen molar-refractivity contribution in [2.24, 2.45) is 0 Å². The summed E-state index contributed by atoms with van der Waals surface area (Å²) in [6, 6.07) is 15.9. The molecule has 2 heterocycles. The fourth-order valence-electron chi connectivity index (χ4n) is 2.38. The Morgan fingerprint density at radius 3 is 2.50 bits per heavy atom. The van der Waals surface area contributed by atoms with E-state index in [0.29, 0.717) is 5.82 Å². The van der Waals surface area contributed by atoms with Gasteiger partial charge in [-0.1, -0.05) is 24.8 Å². The summed E-state index contributed by atoms with van der Waals surface area (Å²) in [5.74, 6) is 1.39. The van der Waals surface area contributed by atoms with Crippen LogP contribution >= 0.6 is 0 Å². The van der Waals surface area contributed by atoms with Crippen LogP contribution in [0.5, 0.6) is 0 Å². The number of aryl methyl sites for hydroxylation is 2. The maximum absolute atomic E-state index is 4.56. The zero-order valence-corrected chi connectivity index (χ0v) is 12.7. The van der Waals surface area contributed by atoms with Crippen LogP contribution in [0.25, 0.3) is 11.0 Å². The number of aromatic nitrogens is 2. The largest absolute Gasteiger partial charge is 0.342 e. The van der Waals surface area contributed by atoms with Gasteiger partial charge in [0.25, 0.3) is 0 Å². The average Bonchev–Trinajstić information content (AvgIpc) is 2.47. The van der Waals surface area contributed by atoms with Gasteiger partial charge >= 0.3 is 0 Å². The first-order valence-corrected chi connectivity index (χ1v) is 7.15. The smallest absolute Gasteiger partial charge is 0.162 e. The summed E-state index contributed by atoms with van der Waals surface area (Å²) < 4.78 is 0. The molecule has 0 aliphatic heterocycles. The van der Waals surface area contributed by atoms with Crippen LogP contribution < -0.4 is 10.6 Å².